The van der Waals surface area contributed by atoms with Crippen molar-refractivity contribution in [3.63, 3.8) is 0 Å². The van der Waals surface area contributed by atoms with Crippen LogP contribution in [0.25, 0.3) is 0 Å². The first-order valence-electron chi connectivity index (χ1n) is 8.78. The van der Waals surface area contributed by atoms with Crippen LogP contribution < -0.4 is 5.32 Å². The summed E-state index contributed by atoms with van der Waals surface area (Å²) in [5.41, 5.74) is 3.14. The molecular formula is C19H23Cl2N3O. The van der Waals surface area contributed by atoms with Gasteiger partial charge in [-0.15, -0.1) is 0 Å². The van der Waals surface area contributed by atoms with Crippen molar-refractivity contribution in [3.05, 3.63) is 45.1 Å². The zero-order chi connectivity index (χ0) is 17.8. The van der Waals surface area contributed by atoms with Gasteiger partial charge in [0.15, 0.2) is 0 Å². The summed E-state index contributed by atoms with van der Waals surface area (Å²) in [7, 11) is 0. The Labute approximate surface area is 158 Å². The van der Waals surface area contributed by atoms with Gasteiger partial charge >= 0.3 is 0 Å². The molecule has 2 heterocycles. The van der Waals surface area contributed by atoms with Crippen LogP contribution in [-0.2, 0) is 4.79 Å². The molecular weight excluding hydrogens is 357 g/mol. The predicted octanol–water partition coefficient (Wildman–Crippen LogP) is 4.06. The summed E-state index contributed by atoms with van der Waals surface area (Å²) in [4.78, 5) is 19.5. The highest BCUT2D eigenvalue weighted by atomic mass is 35.5. The number of carbonyl (C=O) groups is 1. The second-order valence-electron chi connectivity index (χ2n) is 6.58. The highest BCUT2D eigenvalue weighted by molar-refractivity contribution is 6.37. The normalized spacial score (nSPS) is 18.4. The van der Waals surface area contributed by atoms with Gasteiger partial charge in [0, 0.05) is 41.4 Å². The molecule has 0 aromatic heterocycles. The molecule has 3 rings (SSSR count). The first-order chi connectivity index (χ1) is 12.0. The summed E-state index contributed by atoms with van der Waals surface area (Å²) in [6.07, 6.45) is 4.35. The number of halogens is 2. The van der Waals surface area contributed by atoms with Crippen LogP contribution >= 0.6 is 23.2 Å². The third kappa shape index (κ3) is 4.63. The topological polar surface area (TPSA) is 44.7 Å². The molecule has 0 unspecified atom stereocenters. The number of piperidine rings is 1. The smallest absolute Gasteiger partial charge is 0.249 e. The lowest BCUT2D eigenvalue weighted by molar-refractivity contribution is -0.117. The summed E-state index contributed by atoms with van der Waals surface area (Å²) < 4.78 is 0. The van der Waals surface area contributed by atoms with E-state index >= 15 is 0 Å². The van der Waals surface area contributed by atoms with Gasteiger partial charge in [0.1, 0.15) is 0 Å². The number of benzene rings is 1. The molecule has 1 aromatic rings. The van der Waals surface area contributed by atoms with Gasteiger partial charge in [0.2, 0.25) is 5.91 Å². The van der Waals surface area contributed by atoms with E-state index in [1.165, 1.54) is 19.3 Å². The van der Waals surface area contributed by atoms with Crippen molar-refractivity contribution in [2.45, 2.75) is 32.6 Å². The minimum atomic E-state index is -0.0293. The van der Waals surface area contributed by atoms with Crippen LogP contribution in [0, 0.1) is 0 Å². The molecule has 6 heteroatoms. The van der Waals surface area contributed by atoms with Crippen molar-refractivity contribution in [1.82, 2.24) is 10.2 Å². The Morgan fingerprint density at radius 1 is 1.24 bits per heavy atom. The van der Waals surface area contributed by atoms with Crippen molar-refractivity contribution in [2.75, 3.05) is 26.2 Å². The molecule has 0 aliphatic carbocycles. The van der Waals surface area contributed by atoms with Crippen LogP contribution in [0.15, 0.2) is 34.5 Å². The number of nitrogens with zero attached hydrogens (tertiary/aromatic N) is 2. The molecule has 0 radical (unpaired) electrons. The SMILES string of the molecule is CC1=C(C(=O)NCCN2CCCCC2)CC(c2ccc(Cl)cc2Cl)=N1. The summed E-state index contributed by atoms with van der Waals surface area (Å²) in [5, 5.41) is 4.18. The van der Waals surface area contributed by atoms with Gasteiger partial charge in [0.25, 0.3) is 0 Å². The van der Waals surface area contributed by atoms with Gasteiger partial charge in [-0.05, 0) is 45.0 Å². The van der Waals surface area contributed by atoms with Crippen molar-refractivity contribution in [2.24, 2.45) is 4.99 Å². The number of allylic oxidation sites excluding steroid dienone is 1. The number of amides is 1. The average Bonchev–Trinajstić information content (AvgIpc) is 2.97. The van der Waals surface area contributed by atoms with E-state index in [0.29, 0.717) is 23.0 Å². The van der Waals surface area contributed by atoms with Crippen molar-refractivity contribution in [3.8, 4) is 0 Å². The Morgan fingerprint density at radius 2 is 2.00 bits per heavy atom. The van der Waals surface area contributed by atoms with E-state index in [1.807, 2.05) is 13.0 Å². The quantitative estimate of drug-likeness (QED) is 0.837. The van der Waals surface area contributed by atoms with E-state index in [4.69, 9.17) is 23.2 Å². The van der Waals surface area contributed by atoms with E-state index in [-0.39, 0.29) is 5.91 Å². The molecule has 2 aliphatic heterocycles. The third-order valence-corrected chi connectivity index (χ3v) is 5.31. The first kappa shape index (κ1) is 18.4. The van der Waals surface area contributed by atoms with E-state index < -0.39 is 0 Å². The second-order valence-corrected chi connectivity index (χ2v) is 7.43. The molecule has 1 aromatic carbocycles. The first-order valence-corrected chi connectivity index (χ1v) is 9.53. The summed E-state index contributed by atoms with van der Waals surface area (Å²) in [5.74, 6) is -0.0293. The van der Waals surface area contributed by atoms with Crippen LogP contribution in [0.1, 0.15) is 38.2 Å². The van der Waals surface area contributed by atoms with E-state index in [9.17, 15) is 4.79 Å². The molecule has 0 atom stereocenters. The van der Waals surface area contributed by atoms with Gasteiger partial charge in [0.05, 0.1) is 10.7 Å². The van der Waals surface area contributed by atoms with Crippen LogP contribution in [0.3, 0.4) is 0 Å². The largest absolute Gasteiger partial charge is 0.351 e. The second kappa shape index (κ2) is 8.35. The van der Waals surface area contributed by atoms with Gasteiger partial charge in [-0.3, -0.25) is 9.79 Å². The molecule has 1 saturated heterocycles. The fourth-order valence-corrected chi connectivity index (χ4v) is 3.86. The fourth-order valence-electron chi connectivity index (χ4n) is 3.35. The minimum absolute atomic E-state index is 0.0293. The summed E-state index contributed by atoms with van der Waals surface area (Å²) in [6, 6.07) is 5.35. The molecule has 1 fully saturated rings. The van der Waals surface area contributed by atoms with Crippen LogP contribution in [0.2, 0.25) is 10.0 Å². The number of nitrogens with one attached hydrogen (secondary N) is 1. The zero-order valence-corrected chi connectivity index (χ0v) is 16.0. The van der Waals surface area contributed by atoms with E-state index in [0.717, 1.165) is 42.2 Å². The molecule has 0 saturated carbocycles. The summed E-state index contributed by atoms with van der Waals surface area (Å²) >= 11 is 12.2. The van der Waals surface area contributed by atoms with Gasteiger partial charge in [-0.1, -0.05) is 35.7 Å². The molecule has 0 spiro atoms. The standard InChI is InChI=1S/C19H23Cl2N3O/c1-13-16(19(25)22-7-10-24-8-3-2-4-9-24)12-18(23-13)15-6-5-14(20)11-17(15)21/h5-6,11H,2-4,7-10,12H2,1H3,(H,22,25). The lowest BCUT2D eigenvalue weighted by Gasteiger charge is -2.26. The molecule has 1 amide bonds. The number of hydrogen-bond acceptors (Lipinski definition) is 3. The Hall–Kier alpha value is -1.36. The highest BCUT2D eigenvalue weighted by Gasteiger charge is 2.23. The van der Waals surface area contributed by atoms with Crippen LogP contribution in [0.4, 0.5) is 0 Å². The number of carbonyl (C=O) groups excluding carboxylic acids is 1. The minimum Gasteiger partial charge on any atom is -0.351 e. The molecule has 1 N–H and O–H groups in total. The maximum Gasteiger partial charge on any atom is 0.249 e. The fraction of sp³-hybridized carbons (Fsp3) is 0.474. The van der Waals surface area contributed by atoms with Crippen LogP contribution in [-0.4, -0.2) is 42.7 Å². The number of likely N-dealkylation sites (tertiary alicyclic amines) is 1. The van der Waals surface area contributed by atoms with E-state index in [2.05, 4.69) is 15.2 Å². The Morgan fingerprint density at radius 3 is 2.72 bits per heavy atom. The Bertz CT molecular complexity index is 721. The summed E-state index contributed by atoms with van der Waals surface area (Å²) in [6.45, 7) is 5.73. The Kier molecular flexibility index (Phi) is 6.15. The number of hydrogen-bond donors (Lipinski definition) is 1. The molecule has 134 valence electrons. The maximum atomic E-state index is 12.5. The molecule has 4 nitrogen and oxygen atoms in total. The maximum absolute atomic E-state index is 12.5. The monoisotopic (exact) mass is 379 g/mol. The van der Waals surface area contributed by atoms with Crippen molar-refractivity contribution >= 4 is 34.8 Å². The molecule has 0 bridgehead atoms. The predicted molar refractivity (Wildman–Crippen MR) is 104 cm³/mol. The molecule has 25 heavy (non-hydrogen) atoms. The average molecular weight is 380 g/mol. The van der Waals surface area contributed by atoms with Gasteiger partial charge in [-0.25, -0.2) is 0 Å². The lowest BCUT2D eigenvalue weighted by Crippen LogP contribution is -2.38. The third-order valence-electron chi connectivity index (χ3n) is 4.76. The Balaban J connectivity index is 1.55. The van der Waals surface area contributed by atoms with Gasteiger partial charge in [-0.2, -0.15) is 0 Å². The highest BCUT2D eigenvalue weighted by Crippen LogP contribution is 2.28. The lowest BCUT2D eigenvalue weighted by atomic mass is 10.0. The molecule has 2 aliphatic rings. The zero-order valence-electron chi connectivity index (χ0n) is 14.4. The van der Waals surface area contributed by atoms with Crippen molar-refractivity contribution < 1.29 is 4.79 Å². The van der Waals surface area contributed by atoms with Gasteiger partial charge < -0.3 is 10.2 Å². The van der Waals surface area contributed by atoms with Crippen LogP contribution in [0.5, 0.6) is 0 Å². The van der Waals surface area contributed by atoms with Crippen molar-refractivity contribution in [1.29, 1.82) is 0 Å². The number of aliphatic imine (C=N–C) groups is 1. The van der Waals surface area contributed by atoms with E-state index in [1.54, 1.807) is 12.1 Å². The number of rotatable bonds is 5.